The number of hydrogen-bond acceptors (Lipinski definition) is 2. The average molecular weight is 220 g/mol. The van der Waals surface area contributed by atoms with Gasteiger partial charge < -0.3 is 10.4 Å². The first-order chi connectivity index (χ1) is 7.68. The molecule has 4 heteroatoms. The van der Waals surface area contributed by atoms with Gasteiger partial charge in [-0.15, -0.1) is 0 Å². The fourth-order valence-electron chi connectivity index (χ4n) is 2.09. The Morgan fingerprint density at radius 3 is 2.75 bits per heavy atom. The normalized spacial score (nSPS) is 25.4. The second-order valence-electron chi connectivity index (χ2n) is 4.17. The quantitative estimate of drug-likeness (QED) is 0.757. The molecule has 86 valence electrons. The van der Waals surface area contributed by atoms with E-state index in [-0.39, 0.29) is 12.1 Å². The predicted molar refractivity (Wildman–Crippen MR) is 61.4 cm³/mol. The molecule has 4 nitrogen and oxygen atoms in total. The van der Waals surface area contributed by atoms with E-state index in [2.05, 4.69) is 5.32 Å². The van der Waals surface area contributed by atoms with Crippen LogP contribution >= 0.6 is 0 Å². The van der Waals surface area contributed by atoms with Crippen LogP contribution in [0.25, 0.3) is 0 Å². The van der Waals surface area contributed by atoms with Gasteiger partial charge in [-0.25, -0.2) is 4.79 Å². The molecule has 2 rings (SSSR count). The van der Waals surface area contributed by atoms with E-state index in [4.69, 9.17) is 0 Å². The van der Waals surface area contributed by atoms with Crippen LogP contribution in [0.4, 0.5) is 4.79 Å². The van der Waals surface area contributed by atoms with Gasteiger partial charge in [0.1, 0.15) is 0 Å². The first-order valence-corrected chi connectivity index (χ1v) is 5.46. The van der Waals surface area contributed by atoms with Crippen LogP contribution in [0.15, 0.2) is 30.3 Å². The van der Waals surface area contributed by atoms with E-state index in [1.807, 2.05) is 37.3 Å². The second-order valence-corrected chi connectivity index (χ2v) is 4.17. The van der Waals surface area contributed by atoms with E-state index < -0.39 is 6.09 Å². The molecule has 16 heavy (non-hydrogen) atoms. The molecule has 1 aliphatic rings. The molecule has 0 bridgehead atoms. The van der Waals surface area contributed by atoms with E-state index in [0.29, 0.717) is 13.1 Å². The fraction of sp³-hybridized carbons (Fsp3) is 0.417. The number of hydrogen-bond donors (Lipinski definition) is 2. The van der Waals surface area contributed by atoms with Crippen LogP contribution < -0.4 is 5.32 Å². The summed E-state index contributed by atoms with van der Waals surface area (Å²) < 4.78 is 0. The van der Waals surface area contributed by atoms with Crippen LogP contribution in [-0.4, -0.2) is 35.2 Å². The van der Waals surface area contributed by atoms with Crippen molar-refractivity contribution in [3.63, 3.8) is 0 Å². The summed E-state index contributed by atoms with van der Waals surface area (Å²) in [4.78, 5) is 12.7. The van der Waals surface area contributed by atoms with Crippen LogP contribution in [0.3, 0.4) is 0 Å². The molecule has 1 saturated heterocycles. The Morgan fingerprint density at radius 2 is 2.12 bits per heavy atom. The van der Waals surface area contributed by atoms with Crippen molar-refractivity contribution in [3.05, 3.63) is 35.9 Å². The van der Waals surface area contributed by atoms with Crippen molar-refractivity contribution in [3.8, 4) is 0 Å². The summed E-state index contributed by atoms with van der Waals surface area (Å²) in [5.74, 6) is 0. The third-order valence-corrected chi connectivity index (χ3v) is 2.94. The second kappa shape index (κ2) is 4.53. The monoisotopic (exact) mass is 220 g/mol. The predicted octanol–water partition coefficient (Wildman–Crippen LogP) is 1.70. The molecular weight excluding hydrogens is 204 g/mol. The number of carbonyl (C=O) groups is 1. The van der Waals surface area contributed by atoms with Crippen molar-refractivity contribution in [1.82, 2.24) is 10.2 Å². The van der Waals surface area contributed by atoms with Crippen molar-refractivity contribution in [1.29, 1.82) is 0 Å². The van der Waals surface area contributed by atoms with Gasteiger partial charge >= 0.3 is 6.09 Å². The van der Waals surface area contributed by atoms with Crippen LogP contribution in [-0.2, 0) is 0 Å². The number of amides is 1. The molecule has 0 spiro atoms. The third-order valence-electron chi connectivity index (χ3n) is 2.94. The average Bonchev–Trinajstić information content (AvgIpc) is 2.30. The third kappa shape index (κ3) is 2.17. The first kappa shape index (κ1) is 11.0. The number of nitrogens with one attached hydrogen (secondary N) is 1. The molecule has 2 atom stereocenters. The van der Waals surface area contributed by atoms with E-state index in [1.54, 1.807) is 0 Å². The van der Waals surface area contributed by atoms with Gasteiger partial charge in [0.05, 0.1) is 6.04 Å². The molecule has 0 aromatic heterocycles. The zero-order valence-electron chi connectivity index (χ0n) is 9.26. The summed E-state index contributed by atoms with van der Waals surface area (Å²) in [6.45, 7) is 3.21. The minimum absolute atomic E-state index is 0.0742. The molecule has 0 saturated carbocycles. The Kier molecular flexibility index (Phi) is 3.10. The minimum atomic E-state index is -0.845. The number of benzene rings is 1. The molecule has 2 N–H and O–H groups in total. The highest BCUT2D eigenvalue weighted by Gasteiger charge is 2.30. The van der Waals surface area contributed by atoms with Gasteiger partial charge in [0.2, 0.25) is 0 Å². The summed E-state index contributed by atoms with van der Waals surface area (Å²) in [6.07, 6.45) is -0.845. The summed E-state index contributed by atoms with van der Waals surface area (Å²) in [5, 5.41) is 12.5. The summed E-state index contributed by atoms with van der Waals surface area (Å²) >= 11 is 0. The van der Waals surface area contributed by atoms with Crippen LogP contribution in [0, 0.1) is 0 Å². The molecule has 1 fully saturated rings. The molecular formula is C12H16N2O2. The Hall–Kier alpha value is -1.55. The lowest BCUT2D eigenvalue weighted by Crippen LogP contribution is -2.52. The molecule has 0 radical (unpaired) electrons. The SMILES string of the molecule is C[C@@H]1CN(C(=O)O)[C@@H](c2ccccc2)CN1. The molecule has 1 aromatic carbocycles. The molecule has 1 amide bonds. The molecule has 1 heterocycles. The maximum Gasteiger partial charge on any atom is 0.407 e. The highest BCUT2D eigenvalue weighted by Crippen LogP contribution is 2.23. The van der Waals surface area contributed by atoms with E-state index in [9.17, 15) is 9.90 Å². The topological polar surface area (TPSA) is 52.6 Å². The van der Waals surface area contributed by atoms with Gasteiger partial charge in [-0.1, -0.05) is 30.3 Å². The van der Waals surface area contributed by atoms with Crippen molar-refractivity contribution in [2.24, 2.45) is 0 Å². The summed E-state index contributed by atoms with van der Waals surface area (Å²) in [6, 6.07) is 9.90. The highest BCUT2D eigenvalue weighted by atomic mass is 16.4. The first-order valence-electron chi connectivity index (χ1n) is 5.46. The highest BCUT2D eigenvalue weighted by molar-refractivity contribution is 5.66. The number of rotatable bonds is 1. The lowest BCUT2D eigenvalue weighted by Gasteiger charge is -2.37. The number of nitrogens with zero attached hydrogens (tertiary/aromatic N) is 1. The van der Waals surface area contributed by atoms with Crippen LogP contribution in [0.1, 0.15) is 18.5 Å². The smallest absolute Gasteiger partial charge is 0.407 e. The largest absolute Gasteiger partial charge is 0.465 e. The Labute approximate surface area is 94.9 Å². The van der Waals surface area contributed by atoms with E-state index in [0.717, 1.165) is 5.56 Å². The molecule has 1 aliphatic heterocycles. The fourth-order valence-corrected chi connectivity index (χ4v) is 2.09. The van der Waals surface area contributed by atoms with Crippen LogP contribution in [0.5, 0.6) is 0 Å². The Balaban J connectivity index is 2.22. The maximum absolute atomic E-state index is 11.2. The van der Waals surface area contributed by atoms with Gasteiger partial charge in [-0.3, -0.25) is 4.90 Å². The van der Waals surface area contributed by atoms with Gasteiger partial charge in [0.15, 0.2) is 0 Å². The van der Waals surface area contributed by atoms with Gasteiger partial charge in [0, 0.05) is 19.1 Å². The van der Waals surface area contributed by atoms with E-state index >= 15 is 0 Å². The van der Waals surface area contributed by atoms with Crippen molar-refractivity contribution < 1.29 is 9.90 Å². The standard InChI is InChI=1S/C12H16N2O2/c1-9-8-14(12(15)16)11(7-13-9)10-5-3-2-4-6-10/h2-6,9,11,13H,7-8H2,1H3,(H,15,16)/t9-,11-/m1/s1. The molecule has 1 aromatic rings. The van der Waals surface area contributed by atoms with Crippen LogP contribution in [0.2, 0.25) is 0 Å². The lowest BCUT2D eigenvalue weighted by atomic mass is 10.0. The van der Waals surface area contributed by atoms with E-state index in [1.165, 1.54) is 4.90 Å². The van der Waals surface area contributed by atoms with Gasteiger partial charge in [-0.2, -0.15) is 0 Å². The van der Waals surface area contributed by atoms with Crippen molar-refractivity contribution >= 4 is 6.09 Å². The van der Waals surface area contributed by atoms with Gasteiger partial charge in [0.25, 0.3) is 0 Å². The van der Waals surface area contributed by atoms with Crippen molar-refractivity contribution in [2.75, 3.05) is 13.1 Å². The summed E-state index contributed by atoms with van der Waals surface area (Å²) in [7, 11) is 0. The number of carboxylic acid groups (broad SMARTS) is 1. The zero-order valence-corrected chi connectivity index (χ0v) is 9.26. The molecule has 0 unspecified atom stereocenters. The Bertz CT molecular complexity index is 367. The number of piperazine rings is 1. The minimum Gasteiger partial charge on any atom is -0.465 e. The zero-order chi connectivity index (χ0) is 11.5. The summed E-state index contributed by atoms with van der Waals surface area (Å²) in [5.41, 5.74) is 1.05. The lowest BCUT2D eigenvalue weighted by molar-refractivity contribution is 0.101. The van der Waals surface area contributed by atoms with Gasteiger partial charge in [-0.05, 0) is 12.5 Å². The molecule has 0 aliphatic carbocycles. The Morgan fingerprint density at radius 1 is 1.44 bits per heavy atom. The van der Waals surface area contributed by atoms with Crippen molar-refractivity contribution in [2.45, 2.75) is 19.0 Å². The maximum atomic E-state index is 11.2.